The Morgan fingerprint density at radius 3 is 2.45 bits per heavy atom. The number of hydrogen-bond acceptors (Lipinski definition) is 3. The molecule has 0 aromatic heterocycles. The maximum absolute atomic E-state index is 12.1. The Morgan fingerprint density at radius 2 is 1.77 bits per heavy atom. The fourth-order valence-corrected chi connectivity index (χ4v) is 3.60. The van der Waals surface area contributed by atoms with Gasteiger partial charge in [0.15, 0.2) is 0 Å². The minimum atomic E-state index is -0.789. The van der Waals surface area contributed by atoms with E-state index in [9.17, 15) is 14.7 Å². The first kappa shape index (κ1) is 16.9. The van der Waals surface area contributed by atoms with E-state index in [1.807, 2.05) is 30.3 Å². The van der Waals surface area contributed by atoms with Crippen molar-refractivity contribution in [3.63, 3.8) is 0 Å². The van der Waals surface area contributed by atoms with Crippen molar-refractivity contribution in [3.8, 4) is 0 Å². The van der Waals surface area contributed by atoms with Gasteiger partial charge in [-0.3, -0.25) is 9.59 Å². The maximum atomic E-state index is 12.1. The fraction of sp³-hybridized carbons (Fsp3) is 0.529. The van der Waals surface area contributed by atoms with Crippen LogP contribution >= 0.6 is 11.8 Å². The van der Waals surface area contributed by atoms with Crippen LogP contribution in [0.3, 0.4) is 0 Å². The molecule has 2 unspecified atom stereocenters. The number of carbonyl (C=O) groups excluding carboxylic acids is 1. The van der Waals surface area contributed by atoms with Gasteiger partial charge < -0.3 is 10.4 Å². The van der Waals surface area contributed by atoms with Gasteiger partial charge in [-0.15, -0.1) is 11.8 Å². The van der Waals surface area contributed by atoms with Crippen LogP contribution in [-0.4, -0.2) is 28.8 Å². The smallest absolute Gasteiger partial charge is 0.308 e. The Labute approximate surface area is 135 Å². The SMILES string of the molecule is O=C(CSc1ccccc1)NC1CCCCCCC1C(=O)O. The third-order valence-corrected chi connectivity index (χ3v) is 5.05. The number of nitrogens with one attached hydrogen (secondary N) is 1. The Morgan fingerprint density at radius 1 is 1.09 bits per heavy atom. The second-order valence-corrected chi connectivity index (χ2v) is 6.76. The second kappa shape index (κ2) is 8.83. The van der Waals surface area contributed by atoms with Gasteiger partial charge in [-0.2, -0.15) is 0 Å². The molecule has 0 bridgehead atoms. The predicted octanol–water partition coefficient (Wildman–Crippen LogP) is 3.32. The third-order valence-electron chi connectivity index (χ3n) is 4.04. The van der Waals surface area contributed by atoms with Gasteiger partial charge in [-0.1, -0.05) is 43.9 Å². The molecule has 1 amide bonds. The van der Waals surface area contributed by atoms with Crippen LogP contribution in [0.5, 0.6) is 0 Å². The van der Waals surface area contributed by atoms with Crippen LogP contribution < -0.4 is 5.32 Å². The van der Waals surface area contributed by atoms with Crippen LogP contribution in [0, 0.1) is 5.92 Å². The molecule has 0 radical (unpaired) electrons. The standard InChI is InChI=1S/C17H23NO3S/c19-16(12-22-13-8-4-3-5-9-13)18-15-11-7-2-1-6-10-14(15)17(20)21/h3-5,8-9,14-15H,1-2,6-7,10-12H2,(H,18,19)(H,20,21). The van der Waals surface area contributed by atoms with Gasteiger partial charge in [-0.25, -0.2) is 0 Å². The van der Waals surface area contributed by atoms with Crippen molar-refractivity contribution in [1.29, 1.82) is 0 Å². The van der Waals surface area contributed by atoms with E-state index in [-0.39, 0.29) is 11.9 Å². The van der Waals surface area contributed by atoms with Crippen molar-refractivity contribution in [2.75, 3.05) is 5.75 Å². The number of carboxylic acids is 1. The van der Waals surface area contributed by atoms with E-state index in [4.69, 9.17) is 0 Å². The third kappa shape index (κ3) is 5.37. The average Bonchev–Trinajstić information content (AvgIpc) is 2.49. The van der Waals surface area contributed by atoms with Gasteiger partial charge in [-0.05, 0) is 25.0 Å². The first-order valence-corrected chi connectivity index (χ1v) is 8.85. The zero-order chi connectivity index (χ0) is 15.8. The van der Waals surface area contributed by atoms with E-state index in [2.05, 4.69) is 5.32 Å². The van der Waals surface area contributed by atoms with E-state index in [1.165, 1.54) is 11.8 Å². The van der Waals surface area contributed by atoms with Gasteiger partial charge in [0, 0.05) is 10.9 Å². The quantitative estimate of drug-likeness (QED) is 0.817. The zero-order valence-electron chi connectivity index (χ0n) is 12.7. The number of rotatable bonds is 5. The lowest BCUT2D eigenvalue weighted by Gasteiger charge is -2.27. The molecule has 2 N–H and O–H groups in total. The summed E-state index contributed by atoms with van der Waals surface area (Å²) in [6, 6.07) is 9.52. The number of thioether (sulfide) groups is 1. The molecule has 0 spiro atoms. The minimum Gasteiger partial charge on any atom is -0.481 e. The van der Waals surface area contributed by atoms with Gasteiger partial charge >= 0.3 is 5.97 Å². The Hall–Kier alpha value is -1.49. The lowest BCUT2D eigenvalue weighted by molar-refractivity contribution is -0.143. The Kier molecular flexibility index (Phi) is 6.77. The van der Waals surface area contributed by atoms with Crippen LogP contribution in [-0.2, 0) is 9.59 Å². The summed E-state index contributed by atoms with van der Waals surface area (Å²) in [5, 5.41) is 12.3. The highest BCUT2D eigenvalue weighted by Crippen LogP contribution is 2.24. The molecule has 1 saturated carbocycles. The molecule has 1 aliphatic rings. The molecule has 1 aromatic rings. The lowest BCUT2D eigenvalue weighted by atomic mass is 9.87. The number of carbonyl (C=O) groups is 2. The molecule has 1 fully saturated rings. The Balaban J connectivity index is 1.87. The van der Waals surface area contributed by atoms with Crippen LogP contribution in [0.1, 0.15) is 38.5 Å². The van der Waals surface area contributed by atoms with Gasteiger partial charge in [0.1, 0.15) is 0 Å². The van der Waals surface area contributed by atoms with Gasteiger partial charge in [0.2, 0.25) is 5.91 Å². The molecule has 1 aromatic carbocycles. The van der Waals surface area contributed by atoms with E-state index in [1.54, 1.807) is 0 Å². The number of benzene rings is 1. The summed E-state index contributed by atoms with van der Waals surface area (Å²) in [6.45, 7) is 0. The highest BCUT2D eigenvalue weighted by molar-refractivity contribution is 8.00. The molecule has 2 atom stereocenters. The number of carboxylic acid groups (broad SMARTS) is 1. The maximum Gasteiger partial charge on any atom is 0.308 e. The normalized spacial score (nSPS) is 22.4. The van der Waals surface area contributed by atoms with Gasteiger partial charge in [0.05, 0.1) is 11.7 Å². The number of amides is 1. The predicted molar refractivity (Wildman–Crippen MR) is 87.9 cm³/mol. The summed E-state index contributed by atoms with van der Waals surface area (Å²) >= 11 is 1.48. The summed E-state index contributed by atoms with van der Waals surface area (Å²) in [5.74, 6) is -0.994. The molecular weight excluding hydrogens is 298 g/mol. The van der Waals surface area contributed by atoms with Crippen LogP contribution in [0.25, 0.3) is 0 Å². The molecule has 5 heteroatoms. The van der Waals surface area contributed by atoms with E-state index < -0.39 is 11.9 Å². The highest BCUT2D eigenvalue weighted by atomic mass is 32.2. The topological polar surface area (TPSA) is 66.4 Å². The first-order valence-electron chi connectivity index (χ1n) is 7.87. The molecule has 4 nitrogen and oxygen atoms in total. The molecule has 1 aliphatic carbocycles. The van der Waals surface area contributed by atoms with E-state index in [0.29, 0.717) is 12.2 Å². The van der Waals surface area contributed by atoms with Crippen molar-refractivity contribution >= 4 is 23.6 Å². The van der Waals surface area contributed by atoms with Crippen LogP contribution in [0.15, 0.2) is 35.2 Å². The molecular formula is C17H23NO3S. The lowest BCUT2D eigenvalue weighted by Crippen LogP contribution is -2.44. The molecule has 120 valence electrons. The van der Waals surface area contributed by atoms with Crippen molar-refractivity contribution in [1.82, 2.24) is 5.32 Å². The van der Waals surface area contributed by atoms with Crippen molar-refractivity contribution in [2.24, 2.45) is 5.92 Å². The zero-order valence-corrected chi connectivity index (χ0v) is 13.5. The van der Waals surface area contributed by atoms with Gasteiger partial charge in [0.25, 0.3) is 0 Å². The van der Waals surface area contributed by atoms with Crippen molar-refractivity contribution < 1.29 is 14.7 Å². The largest absolute Gasteiger partial charge is 0.481 e. The molecule has 0 aliphatic heterocycles. The van der Waals surface area contributed by atoms with Crippen LogP contribution in [0.4, 0.5) is 0 Å². The number of hydrogen-bond donors (Lipinski definition) is 2. The summed E-state index contributed by atoms with van der Waals surface area (Å²) in [5.41, 5.74) is 0. The average molecular weight is 321 g/mol. The summed E-state index contributed by atoms with van der Waals surface area (Å²) < 4.78 is 0. The molecule has 0 saturated heterocycles. The number of aliphatic carboxylic acids is 1. The fourth-order valence-electron chi connectivity index (χ4n) is 2.87. The first-order chi connectivity index (χ1) is 10.7. The van der Waals surface area contributed by atoms with Crippen molar-refractivity contribution in [2.45, 2.75) is 49.5 Å². The molecule has 22 heavy (non-hydrogen) atoms. The Bertz CT molecular complexity index is 492. The van der Waals surface area contributed by atoms with Crippen LogP contribution in [0.2, 0.25) is 0 Å². The monoisotopic (exact) mass is 321 g/mol. The van der Waals surface area contributed by atoms with E-state index in [0.717, 1.165) is 37.0 Å². The molecule has 0 heterocycles. The highest BCUT2D eigenvalue weighted by Gasteiger charge is 2.29. The second-order valence-electron chi connectivity index (χ2n) is 5.71. The summed E-state index contributed by atoms with van der Waals surface area (Å²) in [6.07, 6.45) is 5.55. The van der Waals surface area contributed by atoms with E-state index >= 15 is 0 Å². The minimum absolute atomic E-state index is 0.0781. The van der Waals surface area contributed by atoms with Crippen molar-refractivity contribution in [3.05, 3.63) is 30.3 Å². The molecule has 2 rings (SSSR count). The summed E-state index contributed by atoms with van der Waals surface area (Å²) in [7, 11) is 0. The summed E-state index contributed by atoms with van der Waals surface area (Å²) in [4.78, 5) is 24.6.